The summed E-state index contributed by atoms with van der Waals surface area (Å²) in [5.74, 6) is -11.3. The molecule has 5 rings (SSSR count). The van der Waals surface area contributed by atoms with Gasteiger partial charge in [-0.25, -0.2) is 0 Å². The first-order valence-corrected chi connectivity index (χ1v) is 24.4. The first-order valence-electron chi connectivity index (χ1n) is 23.1. The number of carbonyl (C=O) groups is 9. The van der Waals surface area contributed by atoms with Gasteiger partial charge in [-0.05, 0) is 37.4 Å². The van der Waals surface area contributed by atoms with Gasteiger partial charge in [-0.3, -0.25) is 43.2 Å². The molecule has 0 aliphatic carbocycles. The van der Waals surface area contributed by atoms with Crippen molar-refractivity contribution in [3.05, 3.63) is 23.8 Å². The Bertz CT molecular complexity index is 2300. The molecule has 4 heterocycles. The summed E-state index contributed by atoms with van der Waals surface area (Å²) in [6, 6.07) is -5.07. The SMILES string of the molecule is CC[C@H](C)[C@@H]1NC(=O)CNC(=O)C2Cc3c(n(CCCCN)c4cc(OC)ccc34)[S@+]([O-])CC(NC(=O)CNC1=O)C(=O)N[C@@H](CC(N)=O)C(=O)N1CC(O)C[C@H]1C(=O)N[C@@H]([C@@H](C)[C@@H](O)CO)C(=O)N2. The minimum atomic E-state index is -2.37. The van der Waals surface area contributed by atoms with E-state index in [1.54, 1.807) is 36.6 Å². The number of fused-ring (bicyclic) bond motifs is 5. The fraction of sp³-hybridized carbons (Fsp3) is 0.614. The number of amides is 9. The molecule has 3 aliphatic heterocycles. The van der Waals surface area contributed by atoms with Crippen molar-refractivity contribution < 1.29 is 67.8 Å². The number of unbranched alkanes of at least 4 members (excludes halogenated alkanes) is 1. The number of ether oxygens (including phenoxy) is 1. The van der Waals surface area contributed by atoms with Crippen LogP contribution < -0.4 is 53.4 Å². The summed E-state index contributed by atoms with van der Waals surface area (Å²) < 4.78 is 22.5. The fourth-order valence-corrected chi connectivity index (χ4v) is 10.3. The second-order valence-electron chi connectivity index (χ2n) is 17.8. The van der Waals surface area contributed by atoms with Gasteiger partial charge in [0.25, 0.3) is 0 Å². The highest BCUT2D eigenvalue weighted by atomic mass is 32.2. The van der Waals surface area contributed by atoms with Crippen molar-refractivity contribution in [2.75, 3.05) is 45.6 Å². The largest absolute Gasteiger partial charge is 0.610 e. The van der Waals surface area contributed by atoms with Crippen LogP contribution in [0.4, 0.5) is 0 Å². The number of nitrogens with two attached hydrogens (primary N) is 2. The van der Waals surface area contributed by atoms with E-state index in [1.807, 2.05) is 0 Å². The predicted molar refractivity (Wildman–Crippen MR) is 249 cm³/mol. The number of methoxy groups -OCH3 is 1. The van der Waals surface area contributed by atoms with Crippen molar-refractivity contribution in [2.45, 2.75) is 119 Å². The Morgan fingerprint density at radius 2 is 1.59 bits per heavy atom. The maximum Gasteiger partial charge on any atom is 0.248 e. The van der Waals surface area contributed by atoms with E-state index in [0.29, 0.717) is 35.9 Å². The number of primary amides is 1. The zero-order chi connectivity index (χ0) is 51.6. The van der Waals surface area contributed by atoms with E-state index >= 15 is 4.55 Å². The molecule has 11 atom stereocenters. The number of nitrogens with one attached hydrogen (secondary N) is 7. The summed E-state index contributed by atoms with van der Waals surface area (Å²) in [6.07, 6.45) is -3.45. The van der Waals surface area contributed by atoms with E-state index < -0.39 is 176 Å². The zero-order valence-electron chi connectivity index (χ0n) is 39.5. The van der Waals surface area contributed by atoms with E-state index in [1.165, 1.54) is 14.0 Å². The van der Waals surface area contributed by atoms with Gasteiger partial charge in [0, 0.05) is 60.0 Å². The number of rotatable bonds is 12. The summed E-state index contributed by atoms with van der Waals surface area (Å²) in [4.78, 5) is 127. The monoisotopic (exact) mass is 1000 g/mol. The molecule has 3 aliphatic rings. The first-order chi connectivity index (χ1) is 33.2. The van der Waals surface area contributed by atoms with Crippen LogP contribution in [-0.4, -0.2) is 177 Å². The van der Waals surface area contributed by atoms with Gasteiger partial charge < -0.3 is 82.8 Å². The highest BCUT2D eigenvalue weighted by Gasteiger charge is 2.45. The average Bonchev–Trinajstić information content (AvgIpc) is 3.87. The molecule has 0 spiro atoms. The van der Waals surface area contributed by atoms with Crippen molar-refractivity contribution in [3.8, 4) is 5.75 Å². The second kappa shape index (κ2) is 24.7. The van der Waals surface area contributed by atoms with Gasteiger partial charge in [0.1, 0.15) is 41.7 Å². The van der Waals surface area contributed by atoms with Crippen molar-refractivity contribution in [3.63, 3.8) is 0 Å². The highest BCUT2D eigenvalue weighted by Crippen LogP contribution is 2.35. The molecule has 1 aromatic heterocycles. The van der Waals surface area contributed by atoms with Gasteiger partial charge in [0.05, 0.1) is 51.0 Å². The lowest BCUT2D eigenvalue weighted by molar-refractivity contribution is -0.144. The molecular weight excluding hydrogens is 939 g/mol. The topological polar surface area (TPSA) is 391 Å². The van der Waals surface area contributed by atoms with E-state index in [-0.39, 0.29) is 23.7 Å². The molecule has 25 nitrogen and oxygen atoms in total. The predicted octanol–water partition coefficient (Wildman–Crippen LogP) is -5.40. The Morgan fingerprint density at radius 3 is 2.23 bits per heavy atom. The van der Waals surface area contributed by atoms with Crippen LogP contribution in [0.5, 0.6) is 5.75 Å². The van der Waals surface area contributed by atoms with E-state index in [2.05, 4.69) is 37.2 Å². The molecule has 9 amide bonds. The Balaban J connectivity index is 1.81. The zero-order valence-corrected chi connectivity index (χ0v) is 40.3. The van der Waals surface area contributed by atoms with Gasteiger partial charge >= 0.3 is 0 Å². The minimum absolute atomic E-state index is 0.0108. The first kappa shape index (κ1) is 54.9. The van der Waals surface area contributed by atoms with Crippen LogP contribution in [0.15, 0.2) is 23.2 Å². The molecule has 70 heavy (non-hydrogen) atoms. The normalized spacial score (nSPS) is 27.1. The van der Waals surface area contributed by atoms with Crippen LogP contribution in [0, 0.1) is 11.8 Å². The van der Waals surface area contributed by atoms with Gasteiger partial charge in [-0.1, -0.05) is 27.2 Å². The molecule has 0 radical (unpaired) electrons. The maximum absolute atomic E-state index is 15.3. The Morgan fingerprint density at radius 1 is 0.900 bits per heavy atom. The summed E-state index contributed by atoms with van der Waals surface area (Å²) in [7, 11) is 1.43. The third kappa shape index (κ3) is 13.2. The number of aliphatic hydroxyl groups excluding tert-OH is 3. The summed E-state index contributed by atoms with van der Waals surface area (Å²) in [5.41, 5.74) is 12.0. The number of aryl methyl sites for hydroxylation is 1. The molecule has 1 saturated heterocycles. The van der Waals surface area contributed by atoms with Gasteiger partial charge in [-0.15, -0.1) is 0 Å². The number of aromatic nitrogens is 1. The van der Waals surface area contributed by atoms with Crippen molar-refractivity contribution in [2.24, 2.45) is 23.3 Å². The number of carbonyl (C=O) groups excluding carboxylic acids is 9. The second-order valence-corrected chi connectivity index (χ2v) is 19.2. The van der Waals surface area contributed by atoms with E-state index in [4.69, 9.17) is 16.2 Å². The smallest absolute Gasteiger partial charge is 0.248 e. The Kier molecular flexibility index (Phi) is 19.3. The molecule has 2 aromatic rings. The van der Waals surface area contributed by atoms with Crippen molar-refractivity contribution in [1.29, 1.82) is 0 Å². The molecule has 26 heteroatoms. The van der Waals surface area contributed by atoms with Crippen molar-refractivity contribution >= 4 is 75.2 Å². The molecule has 2 bridgehead atoms. The molecule has 1 aromatic carbocycles. The molecule has 1 fully saturated rings. The molecule has 14 N–H and O–H groups in total. The van der Waals surface area contributed by atoms with Crippen LogP contribution in [0.1, 0.15) is 58.4 Å². The molecule has 0 saturated carbocycles. The quantitative estimate of drug-likeness (QED) is 0.0698. The lowest BCUT2D eigenvalue weighted by Crippen LogP contribution is -2.62. The summed E-state index contributed by atoms with van der Waals surface area (Å²) in [6.45, 7) is 2.27. The molecular formula is C44H65N11O14S. The van der Waals surface area contributed by atoms with E-state index in [0.717, 1.165) is 4.90 Å². The van der Waals surface area contributed by atoms with Crippen LogP contribution in [-0.2, 0) is 67.3 Å². The van der Waals surface area contributed by atoms with Crippen LogP contribution in [0.25, 0.3) is 10.9 Å². The fourth-order valence-electron chi connectivity index (χ4n) is 8.68. The number of benzene rings is 1. The number of aliphatic hydroxyl groups is 3. The number of hydrogen-bond acceptors (Lipinski definition) is 15. The summed E-state index contributed by atoms with van der Waals surface area (Å²) >= 11 is -2.37. The lowest BCUT2D eigenvalue weighted by Gasteiger charge is -2.33. The minimum Gasteiger partial charge on any atom is -0.610 e. The molecule has 386 valence electrons. The van der Waals surface area contributed by atoms with Crippen molar-refractivity contribution in [1.82, 2.24) is 46.7 Å². The van der Waals surface area contributed by atoms with Crippen LogP contribution >= 0.6 is 0 Å². The summed E-state index contributed by atoms with van der Waals surface area (Å²) in [5, 5.41) is 49.6. The van der Waals surface area contributed by atoms with Crippen LogP contribution in [0.2, 0.25) is 0 Å². The van der Waals surface area contributed by atoms with Gasteiger partial charge in [0.2, 0.25) is 58.2 Å². The third-order valence-corrected chi connectivity index (χ3v) is 14.4. The number of nitrogens with zero attached hydrogens (tertiary/aromatic N) is 2. The number of hydrogen-bond donors (Lipinski definition) is 12. The maximum atomic E-state index is 15.3. The third-order valence-electron chi connectivity index (χ3n) is 12.8. The van der Waals surface area contributed by atoms with Crippen LogP contribution in [0.3, 0.4) is 0 Å². The Labute approximate surface area is 406 Å². The Hall–Kier alpha value is -6.06. The van der Waals surface area contributed by atoms with E-state index in [9.17, 15) is 58.5 Å². The van der Waals surface area contributed by atoms with Gasteiger partial charge in [-0.2, -0.15) is 0 Å². The standard InChI is InChI=1S/C44H65N11O14S/c1-5-21(2)36-41(65)48-16-34(60)49-29-20-70(68)44-26(25-9-8-24(69-4)13-30(25)54(44)11-7-6-10-45)14-27(38(62)47-17-35(61)52-36)50-42(66)37(22(3)32(58)19-56)53-40(64)31-12-23(57)18-55(31)43(67)28(15-33(46)59)51-39(29)63/h8-9,13,21-23,27-29,31-32,36-37,56-58H,5-7,10-12,14-20,45H2,1-4H3,(H2,46,59)(H,47,62)(H,48,65)(H,49,60)(H,50,66)(H,51,63)(H,52,61)(H,53,64)/t21-,22-,23?,27?,28-,29?,31-,32-,36-,37-,70+/m0/s1. The van der Waals surface area contributed by atoms with Gasteiger partial charge in [0.15, 0.2) is 6.04 Å². The average molecular weight is 1000 g/mol. The highest BCUT2D eigenvalue weighted by molar-refractivity contribution is 7.91. The lowest BCUT2D eigenvalue weighted by atomic mass is 9.93. The molecule has 3 unspecified atom stereocenters.